The molecule has 2 amide bonds. The van der Waals surface area contributed by atoms with Crippen molar-refractivity contribution in [1.29, 1.82) is 0 Å². The number of nitrogens with zero attached hydrogens (tertiary/aromatic N) is 1. The van der Waals surface area contributed by atoms with Gasteiger partial charge in [-0.3, -0.25) is 0 Å². The van der Waals surface area contributed by atoms with Crippen LogP contribution in [0.15, 0.2) is 24.3 Å². The first-order chi connectivity index (χ1) is 9.90. The van der Waals surface area contributed by atoms with E-state index in [0.29, 0.717) is 12.5 Å². The van der Waals surface area contributed by atoms with Crippen LogP contribution in [0.5, 0.6) is 0 Å². The fourth-order valence-electron chi connectivity index (χ4n) is 2.32. The lowest BCUT2D eigenvalue weighted by Gasteiger charge is -2.24. The standard InChI is InChI=1S/C16H28N4O/c1-12(2)8-15(11-20(3)4)19-16(21)18-14-7-5-6-13(9-14)10-17/h5-7,9,12,15H,8,10-11,17H2,1-4H3,(H2,18,19,21). The Morgan fingerprint density at radius 2 is 2.05 bits per heavy atom. The van der Waals surface area contributed by atoms with Gasteiger partial charge in [-0.2, -0.15) is 0 Å². The van der Waals surface area contributed by atoms with Gasteiger partial charge in [-0.05, 0) is 44.1 Å². The van der Waals surface area contributed by atoms with Gasteiger partial charge < -0.3 is 21.3 Å². The minimum absolute atomic E-state index is 0.137. The summed E-state index contributed by atoms with van der Waals surface area (Å²) in [6, 6.07) is 7.56. The van der Waals surface area contributed by atoms with Crippen molar-refractivity contribution in [2.24, 2.45) is 11.7 Å². The smallest absolute Gasteiger partial charge is 0.319 e. The number of urea groups is 1. The second-order valence-electron chi connectivity index (χ2n) is 6.09. The largest absolute Gasteiger partial charge is 0.334 e. The van der Waals surface area contributed by atoms with Gasteiger partial charge in [0.15, 0.2) is 0 Å². The van der Waals surface area contributed by atoms with Crippen LogP contribution in [0.2, 0.25) is 0 Å². The molecule has 0 spiro atoms. The molecule has 0 fully saturated rings. The lowest BCUT2D eigenvalue weighted by Crippen LogP contribution is -2.44. The summed E-state index contributed by atoms with van der Waals surface area (Å²) in [5.74, 6) is 0.538. The molecule has 4 N–H and O–H groups in total. The summed E-state index contributed by atoms with van der Waals surface area (Å²) < 4.78 is 0. The Bertz CT molecular complexity index is 436. The molecule has 0 radical (unpaired) electrons. The molecule has 0 aromatic heterocycles. The van der Waals surface area contributed by atoms with Crippen LogP contribution in [0.4, 0.5) is 10.5 Å². The predicted octanol–water partition coefficient (Wildman–Crippen LogP) is 2.24. The van der Waals surface area contributed by atoms with E-state index in [-0.39, 0.29) is 12.1 Å². The first kappa shape index (κ1) is 17.5. The zero-order chi connectivity index (χ0) is 15.8. The van der Waals surface area contributed by atoms with Crippen LogP contribution in [0, 0.1) is 5.92 Å². The molecular weight excluding hydrogens is 264 g/mol. The van der Waals surface area contributed by atoms with Crippen LogP contribution >= 0.6 is 0 Å². The molecule has 0 aliphatic rings. The van der Waals surface area contributed by atoms with Crippen molar-refractivity contribution in [2.75, 3.05) is 26.0 Å². The third-order valence-electron chi connectivity index (χ3n) is 3.10. The number of carbonyl (C=O) groups is 1. The number of likely N-dealkylation sites (N-methyl/N-ethyl adjacent to an activating group) is 1. The van der Waals surface area contributed by atoms with E-state index in [2.05, 4.69) is 29.4 Å². The number of hydrogen-bond acceptors (Lipinski definition) is 3. The van der Waals surface area contributed by atoms with Gasteiger partial charge in [0, 0.05) is 24.8 Å². The van der Waals surface area contributed by atoms with Gasteiger partial charge in [0.25, 0.3) is 0 Å². The Balaban J connectivity index is 2.59. The van der Waals surface area contributed by atoms with Gasteiger partial charge in [0.2, 0.25) is 0 Å². The summed E-state index contributed by atoms with van der Waals surface area (Å²) in [7, 11) is 4.02. The molecule has 0 heterocycles. The fraction of sp³-hybridized carbons (Fsp3) is 0.562. The number of carbonyl (C=O) groups excluding carboxylic acids is 1. The molecular formula is C16H28N4O. The Labute approximate surface area is 127 Å². The van der Waals surface area contributed by atoms with Gasteiger partial charge in [-0.15, -0.1) is 0 Å². The van der Waals surface area contributed by atoms with Crippen molar-refractivity contribution < 1.29 is 4.79 Å². The molecule has 0 bridgehead atoms. The van der Waals surface area contributed by atoms with E-state index < -0.39 is 0 Å². The highest BCUT2D eigenvalue weighted by Gasteiger charge is 2.15. The minimum atomic E-state index is -0.170. The highest BCUT2D eigenvalue weighted by atomic mass is 16.2. The lowest BCUT2D eigenvalue weighted by molar-refractivity contribution is 0.240. The number of nitrogens with one attached hydrogen (secondary N) is 2. The molecule has 1 rings (SSSR count). The molecule has 5 heteroatoms. The van der Waals surface area contributed by atoms with Crippen molar-refractivity contribution >= 4 is 11.7 Å². The highest BCUT2D eigenvalue weighted by Crippen LogP contribution is 2.11. The Morgan fingerprint density at radius 1 is 1.33 bits per heavy atom. The van der Waals surface area contributed by atoms with Crippen LogP contribution in [0.3, 0.4) is 0 Å². The maximum Gasteiger partial charge on any atom is 0.319 e. The number of rotatable bonds is 7. The minimum Gasteiger partial charge on any atom is -0.334 e. The SMILES string of the molecule is CC(C)CC(CN(C)C)NC(=O)Nc1cccc(CN)c1. The molecule has 0 saturated heterocycles. The molecule has 1 atom stereocenters. The highest BCUT2D eigenvalue weighted by molar-refractivity contribution is 5.89. The van der Waals surface area contributed by atoms with Crippen molar-refractivity contribution in [3.05, 3.63) is 29.8 Å². The second-order valence-corrected chi connectivity index (χ2v) is 6.09. The Morgan fingerprint density at radius 3 is 2.62 bits per heavy atom. The van der Waals surface area contributed by atoms with Crippen molar-refractivity contribution in [2.45, 2.75) is 32.9 Å². The van der Waals surface area contributed by atoms with Crippen molar-refractivity contribution in [3.8, 4) is 0 Å². The summed E-state index contributed by atoms with van der Waals surface area (Å²) in [5.41, 5.74) is 7.37. The van der Waals surface area contributed by atoms with Gasteiger partial charge >= 0.3 is 6.03 Å². The molecule has 1 unspecified atom stereocenters. The molecule has 0 aliphatic heterocycles. The van der Waals surface area contributed by atoms with Crippen molar-refractivity contribution in [3.63, 3.8) is 0 Å². The number of benzene rings is 1. The monoisotopic (exact) mass is 292 g/mol. The Hall–Kier alpha value is -1.59. The molecule has 1 aromatic carbocycles. The first-order valence-corrected chi connectivity index (χ1v) is 7.42. The molecule has 0 aliphatic carbocycles. The molecule has 21 heavy (non-hydrogen) atoms. The summed E-state index contributed by atoms with van der Waals surface area (Å²) in [4.78, 5) is 14.2. The maximum atomic E-state index is 12.1. The zero-order valence-corrected chi connectivity index (χ0v) is 13.5. The van der Waals surface area contributed by atoms with Crippen LogP contribution in [0.1, 0.15) is 25.8 Å². The van der Waals surface area contributed by atoms with Gasteiger partial charge in [0.05, 0.1) is 0 Å². The summed E-state index contributed by atoms with van der Waals surface area (Å²) in [6.07, 6.45) is 0.953. The van der Waals surface area contributed by atoms with E-state index in [9.17, 15) is 4.79 Å². The van der Waals surface area contributed by atoms with Crippen LogP contribution in [-0.2, 0) is 6.54 Å². The van der Waals surface area contributed by atoms with Crippen molar-refractivity contribution in [1.82, 2.24) is 10.2 Å². The van der Waals surface area contributed by atoms with E-state index in [1.165, 1.54) is 0 Å². The third kappa shape index (κ3) is 7.11. The fourth-order valence-corrected chi connectivity index (χ4v) is 2.32. The van der Waals surface area contributed by atoms with E-state index in [1.54, 1.807) is 0 Å². The average molecular weight is 292 g/mol. The van der Waals surface area contributed by atoms with E-state index in [0.717, 1.165) is 24.2 Å². The van der Waals surface area contributed by atoms with Crippen LogP contribution < -0.4 is 16.4 Å². The molecule has 0 saturated carbocycles. The summed E-state index contributed by atoms with van der Waals surface area (Å²) in [5, 5.41) is 5.91. The number of amides is 2. The van der Waals surface area contributed by atoms with Crippen LogP contribution in [-0.4, -0.2) is 37.6 Å². The number of anilines is 1. The maximum absolute atomic E-state index is 12.1. The van der Waals surface area contributed by atoms with E-state index in [4.69, 9.17) is 5.73 Å². The van der Waals surface area contributed by atoms with Crippen LogP contribution in [0.25, 0.3) is 0 Å². The zero-order valence-electron chi connectivity index (χ0n) is 13.5. The lowest BCUT2D eigenvalue weighted by atomic mass is 10.0. The van der Waals surface area contributed by atoms with E-state index in [1.807, 2.05) is 38.4 Å². The number of hydrogen-bond donors (Lipinski definition) is 3. The van der Waals surface area contributed by atoms with Gasteiger partial charge in [-0.1, -0.05) is 26.0 Å². The van der Waals surface area contributed by atoms with E-state index >= 15 is 0 Å². The molecule has 118 valence electrons. The number of nitrogens with two attached hydrogens (primary N) is 1. The van der Waals surface area contributed by atoms with Gasteiger partial charge in [0.1, 0.15) is 0 Å². The normalized spacial score (nSPS) is 12.5. The topological polar surface area (TPSA) is 70.4 Å². The molecule has 1 aromatic rings. The third-order valence-corrected chi connectivity index (χ3v) is 3.10. The second kappa shape index (κ2) is 8.64. The summed E-state index contributed by atoms with van der Waals surface area (Å²) >= 11 is 0. The van der Waals surface area contributed by atoms with Gasteiger partial charge in [-0.25, -0.2) is 4.79 Å². The quantitative estimate of drug-likeness (QED) is 0.722. The Kier molecular flexibility index (Phi) is 7.19. The first-order valence-electron chi connectivity index (χ1n) is 7.42. The summed E-state index contributed by atoms with van der Waals surface area (Å²) in [6.45, 7) is 5.61. The molecule has 5 nitrogen and oxygen atoms in total. The predicted molar refractivity (Wildman–Crippen MR) is 88.3 cm³/mol. The average Bonchev–Trinajstić information content (AvgIpc) is 2.37.